The van der Waals surface area contributed by atoms with E-state index in [0.29, 0.717) is 21.5 Å². The van der Waals surface area contributed by atoms with Crippen molar-refractivity contribution >= 4 is 51.7 Å². The number of nitrogens with one attached hydrogen (secondary N) is 1. The molecule has 2 heterocycles. The summed E-state index contributed by atoms with van der Waals surface area (Å²) in [4.78, 5) is 22.8. The van der Waals surface area contributed by atoms with Gasteiger partial charge in [-0.15, -0.1) is 0 Å². The number of amides is 1. The van der Waals surface area contributed by atoms with Crippen LogP contribution in [0.2, 0.25) is 10.0 Å². The molecule has 8 nitrogen and oxygen atoms in total. The molecule has 0 aliphatic carbocycles. The Balaban J connectivity index is 1.60. The Labute approximate surface area is 167 Å². The van der Waals surface area contributed by atoms with E-state index in [4.69, 9.17) is 23.2 Å². The van der Waals surface area contributed by atoms with Crippen LogP contribution in [0.3, 0.4) is 0 Å². The Morgan fingerprint density at radius 2 is 2.15 bits per heavy atom. The molecule has 0 aliphatic heterocycles. The zero-order valence-electron chi connectivity index (χ0n) is 13.5. The van der Waals surface area contributed by atoms with E-state index in [1.807, 2.05) is 0 Å². The van der Waals surface area contributed by atoms with Gasteiger partial charge < -0.3 is 0 Å². The predicted molar refractivity (Wildman–Crippen MR) is 104 cm³/mol. The molecule has 0 saturated heterocycles. The van der Waals surface area contributed by atoms with Crippen LogP contribution in [0.1, 0.15) is 20.9 Å². The maximum Gasteiger partial charge on any atom is 0.324 e. The molecule has 0 unspecified atom stereocenters. The second-order valence-corrected chi connectivity index (χ2v) is 7.20. The largest absolute Gasteiger partial charge is 0.324 e. The zero-order chi connectivity index (χ0) is 19.4. The van der Waals surface area contributed by atoms with Gasteiger partial charge in [0.15, 0.2) is 5.69 Å². The van der Waals surface area contributed by atoms with E-state index < -0.39 is 10.8 Å². The molecule has 11 heteroatoms. The summed E-state index contributed by atoms with van der Waals surface area (Å²) in [5.41, 5.74) is 3.32. The standard InChI is InChI=1S/C16H11Cl2N5O3S/c17-11-2-1-10(13(18)7-11)9-22-6-5-14(21-22)16(24)20-19-8-12-3-4-15(27-12)23(25)26/h1-8H,9H2,(H,20,24)/b19-8-. The van der Waals surface area contributed by atoms with E-state index in [9.17, 15) is 14.9 Å². The molecule has 0 radical (unpaired) electrons. The van der Waals surface area contributed by atoms with E-state index in [1.165, 1.54) is 12.3 Å². The summed E-state index contributed by atoms with van der Waals surface area (Å²) in [6.45, 7) is 0.380. The van der Waals surface area contributed by atoms with Crippen LogP contribution < -0.4 is 5.43 Å². The van der Waals surface area contributed by atoms with E-state index in [2.05, 4.69) is 15.6 Å². The first-order chi connectivity index (χ1) is 12.9. The van der Waals surface area contributed by atoms with Crippen LogP contribution in [-0.2, 0) is 6.54 Å². The number of aromatic nitrogens is 2. The lowest BCUT2D eigenvalue weighted by Gasteiger charge is -2.05. The van der Waals surface area contributed by atoms with Crippen molar-refractivity contribution in [2.45, 2.75) is 6.54 Å². The van der Waals surface area contributed by atoms with Gasteiger partial charge in [0.1, 0.15) is 0 Å². The number of halogens is 2. The SMILES string of the molecule is O=C(N/N=C\c1ccc([N+](=O)[O-])s1)c1ccn(Cc2ccc(Cl)cc2Cl)n1. The molecule has 0 bridgehead atoms. The van der Waals surface area contributed by atoms with Crippen molar-refractivity contribution in [2.75, 3.05) is 0 Å². The fourth-order valence-corrected chi connectivity index (χ4v) is 3.28. The number of nitro groups is 1. The molecule has 2 aromatic heterocycles. The van der Waals surface area contributed by atoms with Crippen LogP contribution in [0.15, 0.2) is 47.7 Å². The van der Waals surface area contributed by atoms with Gasteiger partial charge in [0.2, 0.25) is 0 Å². The van der Waals surface area contributed by atoms with E-state index in [-0.39, 0.29) is 10.7 Å². The third-order valence-electron chi connectivity index (χ3n) is 3.37. The summed E-state index contributed by atoms with van der Waals surface area (Å²) >= 11 is 13.0. The number of carbonyl (C=O) groups excluding carboxylic acids is 1. The van der Waals surface area contributed by atoms with E-state index in [1.54, 1.807) is 41.2 Å². The Morgan fingerprint density at radius 1 is 1.33 bits per heavy atom. The summed E-state index contributed by atoms with van der Waals surface area (Å²) in [7, 11) is 0. The van der Waals surface area contributed by atoms with E-state index in [0.717, 1.165) is 16.9 Å². The Bertz CT molecular complexity index is 1030. The van der Waals surface area contributed by atoms with Gasteiger partial charge in [0.05, 0.1) is 22.6 Å². The summed E-state index contributed by atoms with van der Waals surface area (Å²) in [5, 5.41) is 19.6. The molecular formula is C16H11Cl2N5O3S. The quantitative estimate of drug-likeness (QED) is 0.367. The molecule has 3 aromatic rings. The molecule has 0 fully saturated rings. The minimum Gasteiger partial charge on any atom is -0.267 e. The van der Waals surface area contributed by atoms with Crippen LogP contribution in [0.25, 0.3) is 0 Å². The first-order valence-electron chi connectivity index (χ1n) is 7.47. The Hall–Kier alpha value is -2.75. The lowest BCUT2D eigenvalue weighted by atomic mass is 10.2. The highest BCUT2D eigenvalue weighted by Crippen LogP contribution is 2.22. The fourth-order valence-electron chi connectivity index (χ4n) is 2.12. The van der Waals surface area contributed by atoms with E-state index >= 15 is 0 Å². The molecule has 138 valence electrons. The third-order valence-corrected chi connectivity index (χ3v) is 4.93. The Kier molecular flexibility index (Phi) is 5.84. The third kappa shape index (κ3) is 4.91. The normalized spacial score (nSPS) is 11.0. The number of hydrazone groups is 1. The lowest BCUT2D eigenvalue weighted by Crippen LogP contribution is -2.18. The second-order valence-electron chi connectivity index (χ2n) is 5.27. The van der Waals surface area contributed by atoms with Crippen LogP contribution in [0.5, 0.6) is 0 Å². The van der Waals surface area contributed by atoms with Crippen molar-refractivity contribution in [3.05, 3.63) is 78.9 Å². The summed E-state index contributed by atoms with van der Waals surface area (Å²) in [6, 6.07) is 9.62. The number of nitrogens with zero attached hydrogens (tertiary/aromatic N) is 4. The molecule has 0 aliphatic rings. The molecule has 0 spiro atoms. The number of hydrogen-bond donors (Lipinski definition) is 1. The van der Waals surface area contributed by atoms with Crippen LogP contribution in [-0.4, -0.2) is 26.8 Å². The van der Waals surface area contributed by atoms with Gasteiger partial charge in [-0.1, -0.05) is 40.6 Å². The Morgan fingerprint density at radius 3 is 2.85 bits per heavy atom. The van der Waals surface area contributed by atoms with Crippen molar-refractivity contribution in [1.82, 2.24) is 15.2 Å². The number of carbonyl (C=O) groups is 1. The molecule has 0 saturated carbocycles. The monoisotopic (exact) mass is 423 g/mol. The molecule has 1 amide bonds. The van der Waals surface area contributed by atoms with Crippen LogP contribution >= 0.6 is 34.5 Å². The van der Waals surface area contributed by atoms with Gasteiger partial charge >= 0.3 is 5.00 Å². The maximum atomic E-state index is 12.1. The van der Waals surface area contributed by atoms with Gasteiger partial charge in [0.25, 0.3) is 5.91 Å². The molecule has 1 N–H and O–H groups in total. The van der Waals surface area contributed by atoms with Crippen molar-refractivity contribution in [1.29, 1.82) is 0 Å². The fraction of sp³-hybridized carbons (Fsp3) is 0.0625. The first kappa shape index (κ1) is 19.0. The predicted octanol–water partition coefficient (Wildman–Crippen LogP) is 3.97. The maximum absolute atomic E-state index is 12.1. The van der Waals surface area contributed by atoms with Crippen LogP contribution in [0.4, 0.5) is 5.00 Å². The zero-order valence-corrected chi connectivity index (χ0v) is 15.8. The number of hydrogen-bond acceptors (Lipinski definition) is 6. The van der Waals surface area contributed by atoms with Gasteiger partial charge in [-0.05, 0) is 29.8 Å². The summed E-state index contributed by atoms with van der Waals surface area (Å²) in [6.07, 6.45) is 2.98. The topological polar surface area (TPSA) is 102 Å². The minimum absolute atomic E-state index is 0.00220. The first-order valence-corrected chi connectivity index (χ1v) is 9.04. The van der Waals surface area contributed by atoms with Crippen molar-refractivity contribution in [3.63, 3.8) is 0 Å². The van der Waals surface area contributed by atoms with Gasteiger partial charge in [-0.25, -0.2) is 5.43 Å². The average Bonchev–Trinajstić information content (AvgIpc) is 3.27. The smallest absolute Gasteiger partial charge is 0.267 e. The lowest BCUT2D eigenvalue weighted by molar-refractivity contribution is -0.380. The van der Waals surface area contributed by atoms with Gasteiger partial charge in [-0.2, -0.15) is 10.2 Å². The van der Waals surface area contributed by atoms with Crippen LogP contribution in [0, 0.1) is 10.1 Å². The highest BCUT2D eigenvalue weighted by molar-refractivity contribution is 7.16. The molecule has 0 atom stereocenters. The van der Waals surface area contributed by atoms with Gasteiger partial charge in [0, 0.05) is 22.3 Å². The summed E-state index contributed by atoms with van der Waals surface area (Å²) in [5.74, 6) is -0.502. The molecule has 3 rings (SSSR count). The van der Waals surface area contributed by atoms with Crippen molar-refractivity contribution < 1.29 is 9.72 Å². The minimum atomic E-state index is -0.502. The van der Waals surface area contributed by atoms with Crippen molar-refractivity contribution in [2.24, 2.45) is 5.10 Å². The number of thiophene rings is 1. The highest BCUT2D eigenvalue weighted by atomic mass is 35.5. The highest BCUT2D eigenvalue weighted by Gasteiger charge is 2.11. The second kappa shape index (κ2) is 8.30. The number of benzene rings is 1. The molecule has 1 aromatic carbocycles. The number of rotatable bonds is 6. The van der Waals surface area contributed by atoms with Gasteiger partial charge in [-0.3, -0.25) is 19.6 Å². The average molecular weight is 424 g/mol. The molecular weight excluding hydrogens is 413 g/mol. The molecule has 27 heavy (non-hydrogen) atoms. The van der Waals surface area contributed by atoms with Crippen molar-refractivity contribution in [3.8, 4) is 0 Å². The summed E-state index contributed by atoms with van der Waals surface area (Å²) < 4.78 is 1.57.